The highest BCUT2D eigenvalue weighted by molar-refractivity contribution is 9.10. The van der Waals surface area contributed by atoms with Gasteiger partial charge in [0, 0.05) is 33.2 Å². The van der Waals surface area contributed by atoms with Crippen LogP contribution in [0, 0.1) is 41.5 Å². The molecule has 0 spiro atoms. The number of hydrogen-bond acceptors (Lipinski definition) is 2. The van der Waals surface area contributed by atoms with E-state index in [0.29, 0.717) is 0 Å². The highest BCUT2D eigenvalue weighted by atomic mass is 79.9. The van der Waals surface area contributed by atoms with Gasteiger partial charge in [-0.15, -0.1) is 0 Å². The molecule has 5 heterocycles. The molecule has 0 aliphatic carbocycles. The van der Waals surface area contributed by atoms with E-state index >= 15 is 0 Å². The quantitative estimate of drug-likeness (QED) is 0.193. The lowest BCUT2D eigenvalue weighted by atomic mass is 9.92. The first-order valence-electron chi connectivity index (χ1n) is 16.7. The Morgan fingerprint density at radius 2 is 0.816 bits per heavy atom. The highest BCUT2D eigenvalue weighted by Crippen LogP contribution is 2.40. The van der Waals surface area contributed by atoms with E-state index in [4.69, 9.17) is 9.97 Å². The topological polar surface area (TPSA) is 57.4 Å². The van der Waals surface area contributed by atoms with Gasteiger partial charge in [-0.25, -0.2) is 9.97 Å². The number of rotatable bonds is 3. The fraction of sp³-hybridized carbons (Fsp3) is 0.136. The first-order chi connectivity index (χ1) is 23.7. The monoisotopic (exact) mass is 700 g/mol. The first kappa shape index (κ1) is 31.0. The summed E-state index contributed by atoms with van der Waals surface area (Å²) in [5.41, 5.74) is 21.7. The van der Waals surface area contributed by atoms with Crippen LogP contribution in [-0.2, 0) is 0 Å². The van der Waals surface area contributed by atoms with Crippen molar-refractivity contribution in [3.8, 4) is 33.4 Å². The molecule has 240 valence electrons. The minimum atomic E-state index is 0.872. The molecule has 2 aliphatic heterocycles. The standard InChI is InChI=1S/C44H37BrN4/c1-24-20-26(3)39(27(4)21-24)42-33-14-12-31(46-33)41(30-10-8-7-9-11-30)32-13-15-34(47-32)43(40-28(5)22-25(2)23-29(40)6)36-17-19-38(49-36)44(45)37-18-16-35(42)48-37/h7-23,46,49H,1-6H3. The number of hydrogen-bond donors (Lipinski definition) is 2. The molecule has 0 atom stereocenters. The van der Waals surface area contributed by atoms with E-state index < -0.39 is 0 Å². The average Bonchev–Trinajstić information content (AvgIpc) is 3.89. The molecule has 3 aromatic carbocycles. The Labute approximate surface area is 295 Å². The van der Waals surface area contributed by atoms with Gasteiger partial charge < -0.3 is 9.97 Å². The predicted molar refractivity (Wildman–Crippen MR) is 211 cm³/mol. The third-order valence-corrected chi connectivity index (χ3v) is 10.4. The molecule has 0 fully saturated rings. The van der Waals surface area contributed by atoms with Crippen molar-refractivity contribution in [1.29, 1.82) is 0 Å². The van der Waals surface area contributed by atoms with Crippen LogP contribution in [0.4, 0.5) is 0 Å². The molecule has 8 rings (SSSR count). The van der Waals surface area contributed by atoms with E-state index in [-0.39, 0.29) is 0 Å². The maximum atomic E-state index is 5.42. The van der Waals surface area contributed by atoms with E-state index in [2.05, 4.69) is 171 Å². The number of nitrogens with one attached hydrogen (secondary N) is 2. The highest BCUT2D eigenvalue weighted by Gasteiger charge is 2.20. The summed E-state index contributed by atoms with van der Waals surface area (Å²) < 4.78 is 0.911. The van der Waals surface area contributed by atoms with Crippen LogP contribution in [0.2, 0.25) is 0 Å². The summed E-state index contributed by atoms with van der Waals surface area (Å²) in [5.74, 6) is 0. The number of aromatic nitrogens is 4. The van der Waals surface area contributed by atoms with Crippen LogP contribution in [-0.4, -0.2) is 19.9 Å². The van der Waals surface area contributed by atoms with Crippen LogP contribution in [0.3, 0.4) is 0 Å². The van der Waals surface area contributed by atoms with Crippen LogP contribution in [0.15, 0.2) is 83.3 Å². The average molecular weight is 702 g/mol. The van der Waals surface area contributed by atoms with Gasteiger partial charge in [-0.3, -0.25) is 0 Å². The van der Waals surface area contributed by atoms with Crippen LogP contribution < -0.4 is 0 Å². The Hall–Kier alpha value is -5.26. The minimum absolute atomic E-state index is 0.872. The number of aryl methyl sites for hydroxylation is 6. The van der Waals surface area contributed by atoms with Crippen LogP contribution in [0.5, 0.6) is 0 Å². The molecule has 2 N–H and O–H groups in total. The second-order valence-corrected chi connectivity index (χ2v) is 14.1. The maximum absolute atomic E-state index is 5.42. The van der Waals surface area contributed by atoms with Gasteiger partial charge in [-0.2, -0.15) is 0 Å². The number of halogens is 1. The summed E-state index contributed by atoms with van der Waals surface area (Å²) >= 11 is 3.94. The van der Waals surface area contributed by atoms with Crippen molar-refractivity contribution in [1.82, 2.24) is 19.9 Å². The van der Waals surface area contributed by atoms with Crippen LogP contribution in [0.25, 0.3) is 79.8 Å². The third-order valence-electron chi connectivity index (χ3n) is 9.61. The smallest absolute Gasteiger partial charge is 0.0801 e. The number of H-pyrrole nitrogens is 2. The van der Waals surface area contributed by atoms with Gasteiger partial charge in [0.25, 0.3) is 0 Å². The van der Waals surface area contributed by atoms with Crippen molar-refractivity contribution in [2.45, 2.75) is 41.5 Å². The number of aromatic amines is 2. The molecule has 8 bridgehead atoms. The van der Waals surface area contributed by atoms with Gasteiger partial charge in [-0.1, -0.05) is 65.7 Å². The van der Waals surface area contributed by atoms with E-state index in [1.54, 1.807) is 0 Å². The van der Waals surface area contributed by atoms with Gasteiger partial charge in [0.15, 0.2) is 0 Å². The molecule has 4 nitrogen and oxygen atoms in total. The van der Waals surface area contributed by atoms with Crippen LogP contribution in [0.1, 0.15) is 56.2 Å². The Morgan fingerprint density at radius 3 is 1.33 bits per heavy atom. The zero-order valence-corrected chi connectivity index (χ0v) is 30.2. The molecule has 0 saturated carbocycles. The lowest BCUT2D eigenvalue weighted by Crippen LogP contribution is -1.94. The second kappa shape index (κ2) is 12.0. The van der Waals surface area contributed by atoms with Gasteiger partial charge in [0.1, 0.15) is 0 Å². The molecule has 3 aromatic heterocycles. The van der Waals surface area contributed by atoms with Gasteiger partial charge >= 0.3 is 0 Å². The minimum Gasteiger partial charge on any atom is -0.354 e. The predicted octanol–water partition coefficient (Wildman–Crippen LogP) is 12.3. The largest absolute Gasteiger partial charge is 0.354 e. The summed E-state index contributed by atoms with van der Waals surface area (Å²) in [7, 11) is 0. The first-order valence-corrected chi connectivity index (χ1v) is 17.5. The third kappa shape index (κ3) is 5.39. The van der Waals surface area contributed by atoms with Crippen molar-refractivity contribution in [2.75, 3.05) is 0 Å². The van der Waals surface area contributed by atoms with Crippen molar-refractivity contribution in [3.63, 3.8) is 0 Å². The molecule has 0 amide bonds. The Kier molecular flexibility index (Phi) is 7.61. The van der Waals surface area contributed by atoms with Crippen molar-refractivity contribution in [3.05, 3.63) is 139 Å². The number of benzene rings is 3. The molecule has 0 unspecified atom stereocenters. The summed E-state index contributed by atoms with van der Waals surface area (Å²) in [6.45, 7) is 13.1. The maximum Gasteiger partial charge on any atom is 0.0801 e. The number of fused-ring (bicyclic) bond motifs is 8. The SMILES string of the molecule is Cc1cc(C)c(-c2c3nc(c(-c4ccccc4)c4ccc([nH]4)c(-c4c(C)cc(C)cc4C)c4nc(c(Br)c5ccc2[nH]5)C=C4)C=C3)c(C)c1. The van der Waals surface area contributed by atoms with Gasteiger partial charge in [0.05, 0.1) is 32.8 Å². The Morgan fingerprint density at radius 1 is 0.429 bits per heavy atom. The van der Waals surface area contributed by atoms with Crippen LogP contribution >= 0.6 is 15.9 Å². The zero-order chi connectivity index (χ0) is 34.0. The normalized spacial score (nSPS) is 12.2. The second-order valence-electron chi connectivity index (χ2n) is 13.4. The van der Waals surface area contributed by atoms with Gasteiger partial charge in [0.2, 0.25) is 0 Å². The molecule has 0 radical (unpaired) electrons. The van der Waals surface area contributed by atoms with E-state index in [0.717, 1.165) is 71.6 Å². The molecule has 6 aromatic rings. The van der Waals surface area contributed by atoms with E-state index in [1.165, 1.54) is 44.5 Å². The Balaban J connectivity index is 1.58. The Bertz CT molecular complexity index is 2460. The summed E-state index contributed by atoms with van der Waals surface area (Å²) in [6.07, 6.45) is 8.56. The van der Waals surface area contributed by atoms with Crippen molar-refractivity contribution < 1.29 is 0 Å². The van der Waals surface area contributed by atoms with Crippen molar-refractivity contribution in [2.24, 2.45) is 0 Å². The molecule has 2 aliphatic rings. The lowest BCUT2D eigenvalue weighted by molar-refractivity contribution is 1.27. The van der Waals surface area contributed by atoms with Gasteiger partial charge in [-0.05, 0) is 145 Å². The lowest BCUT2D eigenvalue weighted by Gasteiger charge is -2.13. The molecular weight excluding hydrogens is 664 g/mol. The summed E-state index contributed by atoms with van der Waals surface area (Å²) in [4.78, 5) is 18.3. The molecule has 5 heteroatoms. The fourth-order valence-electron chi connectivity index (χ4n) is 7.75. The summed E-state index contributed by atoms with van der Waals surface area (Å²) in [5, 5.41) is 0. The summed E-state index contributed by atoms with van der Waals surface area (Å²) in [6, 6.07) is 28.3. The number of nitrogens with zero attached hydrogens (tertiary/aromatic N) is 2. The van der Waals surface area contributed by atoms with E-state index in [1.807, 2.05) is 0 Å². The zero-order valence-electron chi connectivity index (χ0n) is 28.6. The van der Waals surface area contributed by atoms with Crippen molar-refractivity contribution >= 4 is 62.3 Å². The molecule has 0 saturated heterocycles. The molecular formula is C44H37BrN4. The fourth-order valence-corrected chi connectivity index (χ4v) is 8.21. The van der Waals surface area contributed by atoms with E-state index in [9.17, 15) is 0 Å². The molecule has 49 heavy (non-hydrogen) atoms.